The summed E-state index contributed by atoms with van der Waals surface area (Å²) >= 11 is 7.68. The topological polar surface area (TPSA) is 39.2 Å². The number of hydrogen-bond acceptors (Lipinski definition) is 4. The minimum absolute atomic E-state index is 0.0330. The van der Waals surface area contributed by atoms with Gasteiger partial charge in [-0.05, 0) is 42.2 Å². The van der Waals surface area contributed by atoms with Gasteiger partial charge in [-0.1, -0.05) is 41.9 Å². The zero-order valence-corrected chi connectivity index (χ0v) is 17.3. The molecule has 4 rings (SSSR count). The molecule has 1 aromatic heterocycles. The van der Waals surface area contributed by atoms with Crippen molar-refractivity contribution in [1.29, 1.82) is 0 Å². The molecular formula is C22H17ClF3NO2S. The zero-order valence-electron chi connectivity index (χ0n) is 15.7. The molecule has 30 heavy (non-hydrogen) atoms. The van der Waals surface area contributed by atoms with E-state index in [-0.39, 0.29) is 18.0 Å². The first-order valence-electron chi connectivity index (χ1n) is 9.32. The van der Waals surface area contributed by atoms with Crippen molar-refractivity contribution in [3.05, 3.63) is 80.8 Å². The lowest BCUT2D eigenvalue weighted by molar-refractivity contribution is -0.274. The van der Waals surface area contributed by atoms with Crippen LogP contribution in [0.25, 0.3) is 0 Å². The number of carbonyl (C=O) groups is 1. The Kier molecular flexibility index (Phi) is 5.59. The molecular weight excluding hydrogens is 435 g/mol. The van der Waals surface area contributed by atoms with Gasteiger partial charge in [-0.15, -0.1) is 24.5 Å². The summed E-state index contributed by atoms with van der Waals surface area (Å²) in [6.07, 6.45) is -0.752. The van der Waals surface area contributed by atoms with E-state index >= 15 is 0 Å². The number of aromatic nitrogens is 1. The molecule has 0 N–H and O–H groups in total. The maximum absolute atomic E-state index is 13.0. The Morgan fingerprint density at radius 3 is 2.47 bits per heavy atom. The van der Waals surface area contributed by atoms with Crippen LogP contribution in [0.4, 0.5) is 13.2 Å². The molecule has 1 heterocycles. The van der Waals surface area contributed by atoms with Crippen LogP contribution in [0.2, 0.25) is 5.02 Å². The van der Waals surface area contributed by atoms with Gasteiger partial charge in [0.25, 0.3) is 0 Å². The highest BCUT2D eigenvalue weighted by Gasteiger charge is 2.50. The van der Waals surface area contributed by atoms with Crippen LogP contribution in [0.15, 0.2) is 54.7 Å². The van der Waals surface area contributed by atoms with Crippen molar-refractivity contribution < 1.29 is 22.7 Å². The molecule has 1 aliphatic carbocycles. The first-order valence-corrected chi connectivity index (χ1v) is 10.5. The van der Waals surface area contributed by atoms with Crippen molar-refractivity contribution in [3.63, 3.8) is 0 Å². The minimum atomic E-state index is -4.73. The van der Waals surface area contributed by atoms with E-state index in [2.05, 4.69) is 9.72 Å². The fraction of sp³-hybridized carbons (Fsp3) is 0.273. The maximum atomic E-state index is 13.0. The molecule has 0 saturated heterocycles. The number of benzene rings is 2. The highest BCUT2D eigenvalue weighted by Crippen LogP contribution is 2.50. The largest absolute Gasteiger partial charge is 0.573 e. The second-order valence-corrected chi connectivity index (χ2v) is 8.85. The Morgan fingerprint density at radius 2 is 1.83 bits per heavy atom. The Bertz CT molecular complexity index is 1060. The predicted octanol–water partition coefficient (Wildman–Crippen LogP) is 6.13. The van der Waals surface area contributed by atoms with E-state index in [1.54, 1.807) is 6.20 Å². The molecule has 0 aliphatic heterocycles. The lowest BCUT2D eigenvalue weighted by atomic mass is 9.90. The van der Waals surface area contributed by atoms with Gasteiger partial charge in [0, 0.05) is 22.5 Å². The molecule has 1 fully saturated rings. The SMILES string of the molecule is O=C(Cc1ncc(Cc2ccccc2Cl)s1)C1(c2ccc(OC(F)(F)F)cc2)CC1. The molecule has 1 aliphatic rings. The molecule has 0 amide bonds. The van der Waals surface area contributed by atoms with Crippen molar-refractivity contribution in [3.8, 4) is 5.75 Å². The average molecular weight is 452 g/mol. The van der Waals surface area contributed by atoms with E-state index in [9.17, 15) is 18.0 Å². The smallest absolute Gasteiger partial charge is 0.406 e. The van der Waals surface area contributed by atoms with Crippen LogP contribution in [0.1, 0.15) is 33.9 Å². The lowest BCUT2D eigenvalue weighted by Crippen LogP contribution is -2.22. The Morgan fingerprint density at radius 1 is 1.13 bits per heavy atom. The molecule has 0 atom stereocenters. The van der Waals surface area contributed by atoms with Crippen molar-refractivity contribution in [1.82, 2.24) is 4.98 Å². The van der Waals surface area contributed by atoms with Gasteiger partial charge >= 0.3 is 6.36 Å². The number of Topliss-reactive ketones (excluding diaryl/α,β-unsaturated/α-hetero) is 1. The van der Waals surface area contributed by atoms with E-state index in [0.29, 0.717) is 24.3 Å². The number of carbonyl (C=O) groups excluding carboxylic acids is 1. The maximum Gasteiger partial charge on any atom is 0.573 e. The Hall–Kier alpha value is -2.38. The van der Waals surface area contributed by atoms with Crippen LogP contribution in [0.5, 0.6) is 5.75 Å². The summed E-state index contributed by atoms with van der Waals surface area (Å²) in [5, 5.41) is 1.42. The van der Waals surface area contributed by atoms with Gasteiger partial charge in [-0.25, -0.2) is 4.98 Å². The summed E-state index contributed by atoms with van der Waals surface area (Å²) in [6, 6.07) is 13.2. The predicted molar refractivity (Wildman–Crippen MR) is 109 cm³/mol. The van der Waals surface area contributed by atoms with E-state index in [1.807, 2.05) is 24.3 Å². The number of ether oxygens (including phenoxy) is 1. The van der Waals surface area contributed by atoms with Crippen LogP contribution in [-0.4, -0.2) is 17.1 Å². The normalized spacial score (nSPS) is 15.1. The van der Waals surface area contributed by atoms with Crippen molar-refractivity contribution >= 4 is 28.7 Å². The molecule has 1 saturated carbocycles. The molecule has 3 aromatic rings. The zero-order chi connectivity index (χ0) is 21.4. The fourth-order valence-corrected chi connectivity index (χ4v) is 4.62. The van der Waals surface area contributed by atoms with Gasteiger partial charge in [-0.3, -0.25) is 4.79 Å². The first kappa shape index (κ1) is 20.9. The third-order valence-electron chi connectivity index (χ3n) is 5.16. The summed E-state index contributed by atoms with van der Waals surface area (Å²) in [4.78, 5) is 18.4. The van der Waals surface area contributed by atoms with E-state index < -0.39 is 11.8 Å². The van der Waals surface area contributed by atoms with Crippen LogP contribution in [0.3, 0.4) is 0 Å². The van der Waals surface area contributed by atoms with E-state index in [4.69, 9.17) is 11.6 Å². The number of alkyl halides is 3. The number of thiazole rings is 1. The number of ketones is 1. The standard InChI is InChI=1S/C22H17ClF3NO2S/c23-18-4-2-1-3-14(18)11-17-13-27-20(30-17)12-19(28)21(9-10-21)15-5-7-16(8-6-15)29-22(24,25)26/h1-8,13H,9-12H2. The Balaban J connectivity index is 1.43. The summed E-state index contributed by atoms with van der Waals surface area (Å²) in [7, 11) is 0. The third-order valence-corrected chi connectivity index (χ3v) is 6.53. The summed E-state index contributed by atoms with van der Waals surface area (Å²) < 4.78 is 40.9. The summed E-state index contributed by atoms with van der Waals surface area (Å²) in [5.41, 5.74) is 1.08. The molecule has 2 aromatic carbocycles. The second kappa shape index (κ2) is 8.04. The van der Waals surface area contributed by atoms with Crippen molar-refractivity contribution in [2.75, 3.05) is 0 Å². The molecule has 0 radical (unpaired) electrons. The lowest BCUT2D eigenvalue weighted by Gasteiger charge is -2.15. The van der Waals surface area contributed by atoms with Gasteiger partial charge < -0.3 is 4.74 Å². The highest BCUT2D eigenvalue weighted by atomic mass is 35.5. The van der Waals surface area contributed by atoms with Crippen LogP contribution in [0, 0.1) is 0 Å². The van der Waals surface area contributed by atoms with Crippen LogP contribution in [-0.2, 0) is 23.1 Å². The monoisotopic (exact) mass is 451 g/mol. The minimum Gasteiger partial charge on any atom is -0.406 e. The first-order chi connectivity index (χ1) is 14.2. The van der Waals surface area contributed by atoms with E-state index in [0.717, 1.165) is 21.0 Å². The Labute approximate surface area is 180 Å². The number of nitrogens with zero attached hydrogens (tertiary/aromatic N) is 1. The van der Waals surface area contributed by atoms with Crippen molar-refractivity contribution in [2.45, 2.75) is 37.5 Å². The van der Waals surface area contributed by atoms with Crippen molar-refractivity contribution in [2.24, 2.45) is 0 Å². The van der Waals surface area contributed by atoms with Crippen LogP contribution >= 0.6 is 22.9 Å². The average Bonchev–Trinajstić information content (AvgIpc) is 3.39. The molecule has 8 heteroatoms. The third kappa shape index (κ3) is 4.68. The van der Waals surface area contributed by atoms with Gasteiger partial charge in [0.1, 0.15) is 16.5 Å². The number of rotatable bonds is 7. The summed E-state index contributed by atoms with van der Waals surface area (Å²) in [5.74, 6) is -0.260. The molecule has 0 bridgehead atoms. The highest BCUT2D eigenvalue weighted by molar-refractivity contribution is 7.11. The van der Waals surface area contributed by atoms with E-state index in [1.165, 1.54) is 35.6 Å². The second-order valence-electron chi connectivity index (χ2n) is 7.24. The molecule has 0 unspecified atom stereocenters. The quantitative estimate of drug-likeness (QED) is 0.434. The number of halogens is 4. The molecule has 156 valence electrons. The fourth-order valence-electron chi connectivity index (χ4n) is 3.48. The van der Waals surface area contributed by atoms with Gasteiger partial charge in [0.05, 0.1) is 11.8 Å². The summed E-state index contributed by atoms with van der Waals surface area (Å²) in [6.45, 7) is 0. The van der Waals surface area contributed by atoms with Gasteiger partial charge in [0.15, 0.2) is 0 Å². The number of hydrogen-bond donors (Lipinski definition) is 0. The molecule has 0 spiro atoms. The van der Waals surface area contributed by atoms with Gasteiger partial charge in [0.2, 0.25) is 0 Å². The van der Waals surface area contributed by atoms with Crippen LogP contribution < -0.4 is 4.74 Å². The molecule has 3 nitrogen and oxygen atoms in total. The van der Waals surface area contributed by atoms with Gasteiger partial charge in [-0.2, -0.15) is 0 Å².